The van der Waals surface area contributed by atoms with Crippen LogP contribution in [0.3, 0.4) is 0 Å². The molecule has 0 aliphatic carbocycles. The summed E-state index contributed by atoms with van der Waals surface area (Å²) < 4.78 is 1.55. The van der Waals surface area contributed by atoms with E-state index in [4.69, 9.17) is 0 Å². The molecular weight excluding hydrogens is 324 g/mol. The molecule has 0 saturated carbocycles. The van der Waals surface area contributed by atoms with Crippen LogP contribution in [-0.2, 0) is 4.79 Å². The number of carboxylic acid groups (broad SMARTS) is 1. The molecule has 2 aromatic heterocycles. The fraction of sp³-hybridized carbons (Fsp3) is 0.375. The Kier molecular flexibility index (Phi) is 4.55. The van der Waals surface area contributed by atoms with E-state index in [9.17, 15) is 14.7 Å². The zero-order chi connectivity index (χ0) is 18.0. The van der Waals surface area contributed by atoms with Gasteiger partial charge in [0.1, 0.15) is 11.6 Å². The monoisotopic (exact) mass is 344 g/mol. The van der Waals surface area contributed by atoms with Crippen molar-refractivity contribution in [3.63, 3.8) is 0 Å². The molecule has 2 aromatic rings. The van der Waals surface area contributed by atoms with E-state index >= 15 is 0 Å². The van der Waals surface area contributed by atoms with Crippen LogP contribution in [0.4, 0.5) is 16.4 Å². The second-order valence-electron chi connectivity index (χ2n) is 5.94. The minimum absolute atomic E-state index is 0.0376. The summed E-state index contributed by atoms with van der Waals surface area (Å²) in [5.41, 5.74) is 1.30. The van der Waals surface area contributed by atoms with E-state index in [0.717, 1.165) is 18.4 Å². The average Bonchev–Trinajstić information content (AvgIpc) is 3.06. The standard InChI is InChI=1S/C16H20N6O3/c1-3-13(23)20-15-10(2)14(19-12-6-7-17-22(12)15)18-11-5-4-8-21(9-11)16(24)25/h3,6-7,11H,1,4-5,8-9H2,2H3,(H,18,19)(H,20,23)(H,24,25). The molecule has 0 aromatic carbocycles. The topological polar surface area (TPSA) is 112 Å². The maximum absolute atomic E-state index is 11.7. The summed E-state index contributed by atoms with van der Waals surface area (Å²) in [5, 5.41) is 19.4. The fourth-order valence-corrected chi connectivity index (χ4v) is 2.94. The van der Waals surface area contributed by atoms with Crippen LogP contribution in [0.25, 0.3) is 5.65 Å². The first kappa shape index (κ1) is 16.7. The van der Waals surface area contributed by atoms with Crippen LogP contribution < -0.4 is 10.6 Å². The largest absolute Gasteiger partial charge is 0.465 e. The lowest BCUT2D eigenvalue weighted by Crippen LogP contribution is -2.44. The van der Waals surface area contributed by atoms with Gasteiger partial charge in [-0.1, -0.05) is 6.58 Å². The number of nitrogens with zero attached hydrogens (tertiary/aromatic N) is 4. The van der Waals surface area contributed by atoms with Gasteiger partial charge in [-0.05, 0) is 25.8 Å². The molecule has 1 aliphatic heterocycles. The third-order valence-electron chi connectivity index (χ3n) is 4.23. The highest BCUT2D eigenvalue weighted by atomic mass is 16.4. The summed E-state index contributed by atoms with van der Waals surface area (Å²) >= 11 is 0. The maximum atomic E-state index is 11.7. The lowest BCUT2D eigenvalue weighted by atomic mass is 10.1. The molecule has 2 amide bonds. The van der Waals surface area contributed by atoms with Crippen LogP contribution in [0.5, 0.6) is 0 Å². The first-order valence-corrected chi connectivity index (χ1v) is 8.01. The number of likely N-dealkylation sites (tertiary alicyclic amines) is 1. The van der Waals surface area contributed by atoms with Crippen molar-refractivity contribution in [3.8, 4) is 0 Å². The molecule has 1 atom stereocenters. The number of carbonyl (C=O) groups excluding carboxylic acids is 1. The number of amides is 2. The smallest absolute Gasteiger partial charge is 0.407 e. The Bertz CT molecular complexity index is 831. The Morgan fingerprint density at radius 2 is 2.28 bits per heavy atom. The van der Waals surface area contributed by atoms with E-state index in [1.54, 1.807) is 16.8 Å². The molecule has 3 heterocycles. The highest BCUT2D eigenvalue weighted by Crippen LogP contribution is 2.25. The van der Waals surface area contributed by atoms with Crippen molar-refractivity contribution in [2.24, 2.45) is 0 Å². The lowest BCUT2D eigenvalue weighted by Gasteiger charge is -2.32. The number of anilines is 2. The van der Waals surface area contributed by atoms with Crippen LogP contribution >= 0.6 is 0 Å². The Labute approximate surface area is 144 Å². The van der Waals surface area contributed by atoms with Crippen LogP contribution in [0, 0.1) is 6.92 Å². The summed E-state index contributed by atoms with van der Waals surface area (Å²) in [4.78, 5) is 28.9. The summed E-state index contributed by atoms with van der Waals surface area (Å²) in [6.45, 7) is 6.23. The normalized spacial score (nSPS) is 17.3. The molecule has 1 unspecified atom stereocenters. The number of fused-ring (bicyclic) bond motifs is 1. The second-order valence-corrected chi connectivity index (χ2v) is 5.94. The minimum atomic E-state index is -0.915. The van der Waals surface area contributed by atoms with Gasteiger partial charge >= 0.3 is 6.09 Å². The number of rotatable bonds is 4. The molecule has 9 nitrogen and oxygen atoms in total. The first-order chi connectivity index (χ1) is 12.0. The van der Waals surface area contributed by atoms with E-state index in [-0.39, 0.29) is 11.9 Å². The van der Waals surface area contributed by atoms with Gasteiger partial charge in [0.15, 0.2) is 5.65 Å². The SMILES string of the molecule is C=CC(=O)Nc1c(C)c(NC2CCCN(C(=O)O)C2)nc2ccnn12. The average molecular weight is 344 g/mol. The molecule has 132 valence electrons. The minimum Gasteiger partial charge on any atom is -0.465 e. The number of hydrogen-bond acceptors (Lipinski definition) is 5. The summed E-state index contributed by atoms with van der Waals surface area (Å²) in [6, 6.07) is 1.70. The van der Waals surface area contributed by atoms with Crippen LogP contribution in [-0.4, -0.2) is 55.7 Å². The fourth-order valence-electron chi connectivity index (χ4n) is 2.94. The summed E-state index contributed by atoms with van der Waals surface area (Å²) in [6.07, 6.45) is 3.51. The van der Waals surface area contributed by atoms with Gasteiger partial charge in [0.2, 0.25) is 5.91 Å². The summed E-state index contributed by atoms with van der Waals surface area (Å²) in [5.74, 6) is 0.768. The molecule has 3 rings (SSSR count). The Balaban J connectivity index is 1.91. The lowest BCUT2D eigenvalue weighted by molar-refractivity contribution is -0.111. The van der Waals surface area contributed by atoms with Crippen LogP contribution in [0.15, 0.2) is 24.9 Å². The Hall–Kier alpha value is -3.10. The Morgan fingerprint density at radius 1 is 1.48 bits per heavy atom. The van der Waals surface area contributed by atoms with Gasteiger partial charge in [0.25, 0.3) is 0 Å². The zero-order valence-electron chi connectivity index (χ0n) is 13.9. The van der Waals surface area contributed by atoms with Crippen molar-refractivity contribution < 1.29 is 14.7 Å². The summed E-state index contributed by atoms with van der Waals surface area (Å²) in [7, 11) is 0. The predicted molar refractivity (Wildman–Crippen MR) is 92.8 cm³/mol. The quantitative estimate of drug-likeness (QED) is 0.728. The second kappa shape index (κ2) is 6.80. The third-order valence-corrected chi connectivity index (χ3v) is 4.23. The van der Waals surface area contributed by atoms with Crippen LogP contribution in [0.1, 0.15) is 18.4 Å². The predicted octanol–water partition coefficient (Wildman–Crippen LogP) is 1.72. The highest BCUT2D eigenvalue weighted by Gasteiger charge is 2.24. The van der Waals surface area contributed by atoms with Gasteiger partial charge in [0, 0.05) is 30.8 Å². The number of piperidine rings is 1. The number of hydrogen-bond donors (Lipinski definition) is 3. The molecule has 3 N–H and O–H groups in total. The van der Waals surface area contributed by atoms with Gasteiger partial charge in [-0.3, -0.25) is 4.79 Å². The highest BCUT2D eigenvalue weighted by molar-refractivity contribution is 5.99. The Morgan fingerprint density at radius 3 is 3.00 bits per heavy atom. The molecule has 0 bridgehead atoms. The van der Waals surface area contributed by atoms with Crippen molar-refractivity contribution in [1.29, 1.82) is 0 Å². The molecule has 25 heavy (non-hydrogen) atoms. The van der Waals surface area contributed by atoms with Crippen LogP contribution in [0.2, 0.25) is 0 Å². The number of aromatic nitrogens is 3. The molecule has 0 radical (unpaired) electrons. The zero-order valence-corrected chi connectivity index (χ0v) is 13.9. The molecular formula is C16H20N6O3. The van der Waals surface area contributed by atoms with Gasteiger partial charge in [0.05, 0.1) is 6.20 Å². The molecule has 1 aliphatic rings. The van der Waals surface area contributed by atoms with E-state index in [0.29, 0.717) is 30.4 Å². The van der Waals surface area contributed by atoms with Gasteiger partial charge in [-0.25, -0.2) is 9.78 Å². The van der Waals surface area contributed by atoms with Crippen molar-refractivity contribution in [3.05, 3.63) is 30.5 Å². The van der Waals surface area contributed by atoms with E-state index < -0.39 is 6.09 Å². The van der Waals surface area contributed by atoms with Crippen molar-refractivity contribution in [2.75, 3.05) is 23.7 Å². The van der Waals surface area contributed by atoms with Crippen molar-refractivity contribution in [1.82, 2.24) is 19.5 Å². The maximum Gasteiger partial charge on any atom is 0.407 e. The molecule has 1 saturated heterocycles. The molecule has 0 spiro atoms. The number of nitrogens with one attached hydrogen (secondary N) is 2. The van der Waals surface area contributed by atoms with Crippen molar-refractivity contribution in [2.45, 2.75) is 25.8 Å². The van der Waals surface area contributed by atoms with Gasteiger partial charge < -0.3 is 20.6 Å². The van der Waals surface area contributed by atoms with Gasteiger partial charge in [-0.15, -0.1) is 0 Å². The molecule has 9 heteroatoms. The van der Waals surface area contributed by atoms with E-state index in [1.807, 2.05) is 6.92 Å². The first-order valence-electron chi connectivity index (χ1n) is 8.01. The number of carbonyl (C=O) groups is 2. The van der Waals surface area contributed by atoms with Crippen molar-refractivity contribution >= 4 is 29.3 Å². The third kappa shape index (κ3) is 3.39. The van der Waals surface area contributed by atoms with E-state index in [2.05, 4.69) is 27.3 Å². The molecule has 1 fully saturated rings. The van der Waals surface area contributed by atoms with E-state index in [1.165, 1.54) is 11.0 Å². The van der Waals surface area contributed by atoms with Gasteiger partial charge in [-0.2, -0.15) is 9.61 Å².